The molecule has 0 amide bonds. The van der Waals surface area contributed by atoms with Crippen LogP contribution in [0.2, 0.25) is 0 Å². The molecule has 0 fully saturated rings. The number of hydrogen-bond acceptors (Lipinski definition) is 4. The highest BCUT2D eigenvalue weighted by molar-refractivity contribution is 5.94. The molecule has 5 nitrogen and oxygen atoms in total. The Morgan fingerprint density at radius 1 is 1.17 bits per heavy atom. The molecule has 2 aromatic carbocycles. The quantitative estimate of drug-likeness (QED) is 0.696. The van der Waals surface area contributed by atoms with E-state index in [1.54, 1.807) is 22.8 Å². The van der Waals surface area contributed by atoms with Gasteiger partial charge in [-0.3, -0.25) is 9.36 Å². The van der Waals surface area contributed by atoms with E-state index in [1.807, 2.05) is 30.3 Å². The Balaban J connectivity index is 1.62. The van der Waals surface area contributed by atoms with E-state index in [-0.39, 0.29) is 12.2 Å². The van der Waals surface area contributed by atoms with Gasteiger partial charge in [0.05, 0.1) is 16.5 Å². The van der Waals surface area contributed by atoms with Crippen molar-refractivity contribution in [3.8, 4) is 0 Å². The van der Waals surface area contributed by atoms with Crippen LogP contribution in [0, 0.1) is 0 Å². The van der Waals surface area contributed by atoms with Crippen LogP contribution in [0.5, 0.6) is 0 Å². The molecule has 4 rings (SSSR count). The van der Waals surface area contributed by atoms with Crippen LogP contribution in [-0.2, 0) is 24.3 Å². The van der Waals surface area contributed by atoms with Crippen molar-refractivity contribution in [3.05, 3.63) is 75.8 Å². The van der Waals surface area contributed by atoms with Crippen LogP contribution in [0.25, 0.3) is 10.9 Å². The second-order valence-corrected chi connectivity index (χ2v) is 5.88. The fraction of sp³-hybridized carbons (Fsp3) is 0.211. The lowest BCUT2D eigenvalue weighted by atomic mass is 10.1. The Kier molecular flexibility index (Phi) is 3.61. The smallest absolute Gasteiger partial charge is 0.338 e. The van der Waals surface area contributed by atoms with Crippen molar-refractivity contribution in [2.24, 2.45) is 0 Å². The minimum atomic E-state index is -0.414. The Morgan fingerprint density at radius 3 is 2.83 bits per heavy atom. The third-order valence-corrected chi connectivity index (χ3v) is 4.26. The van der Waals surface area contributed by atoms with Gasteiger partial charge in [-0.05, 0) is 30.2 Å². The zero-order valence-corrected chi connectivity index (χ0v) is 13.1. The highest BCUT2D eigenvalue weighted by Gasteiger charge is 2.17. The first-order valence-corrected chi connectivity index (χ1v) is 7.97. The Morgan fingerprint density at radius 2 is 2.00 bits per heavy atom. The molecule has 0 bridgehead atoms. The van der Waals surface area contributed by atoms with Gasteiger partial charge in [0.15, 0.2) is 0 Å². The van der Waals surface area contributed by atoms with Gasteiger partial charge in [-0.15, -0.1) is 0 Å². The van der Waals surface area contributed by atoms with E-state index in [0.29, 0.717) is 16.5 Å². The third-order valence-electron chi connectivity index (χ3n) is 4.26. The lowest BCUT2D eigenvalue weighted by Gasteiger charge is -2.07. The lowest BCUT2D eigenvalue weighted by Crippen LogP contribution is -2.21. The number of fused-ring (bicyclic) bond motifs is 2. The van der Waals surface area contributed by atoms with E-state index >= 15 is 0 Å². The number of nitrogens with zero attached hydrogens (tertiary/aromatic N) is 2. The number of carbonyl (C=O) groups is 1. The molecule has 1 aliphatic rings. The summed E-state index contributed by atoms with van der Waals surface area (Å²) >= 11 is 0. The van der Waals surface area contributed by atoms with Crippen molar-refractivity contribution in [1.82, 2.24) is 9.55 Å². The van der Waals surface area contributed by atoms with Crippen LogP contribution < -0.4 is 5.56 Å². The number of aryl methyl sites for hydroxylation is 1. The molecule has 0 unspecified atom stereocenters. The standard InChI is InChI=1S/C19H16N2O3/c22-18-15-9-8-14(11-16(15)20-17-7-4-10-21(17)18)19(23)24-12-13-5-2-1-3-6-13/h1-3,5-6,8-9,11H,4,7,10,12H2. The number of hydrogen-bond donors (Lipinski definition) is 0. The van der Waals surface area contributed by atoms with E-state index in [4.69, 9.17) is 4.74 Å². The van der Waals surface area contributed by atoms with Gasteiger partial charge < -0.3 is 4.74 Å². The molecule has 0 spiro atoms. The maximum Gasteiger partial charge on any atom is 0.338 e. The fourth-order valence-electron chi connectivity index (χ4n) is 3.02. The zero-order chi connectivity index (χ0) is 16.5. The Bertz CT molecular complexity index is 977. The zero-order valence-electron chi connectivity index (χ0n) is 13.1. The van der Waals surface area contributed by atoms with Crippen molar-refractivity contribution < 1.29 is 9.53 Å². The van der Waals surface area contributed by atoms with Crippen molar-refractivity contribution in [2.75, 3.05) is 0 Å². The van der Waals surface area contributed by atoms with Gasteiger partial charge in [-0.2, -0.15) is 0 Å². The summed E-state index contributed by atoms with van der Waals surface area (Å²) in [4.78, 5) is 29.2. The molecule has 0 aliphatic carbocycles. The van der Waals surface area contributed by atoms with Gasteiger partial charge in [0.25, 0.3) is 5.56 Å². The number of ether oxygens (including phenoxy) is 1. The topological polar surface area (TPSA) is 61.2 Å². The highest BCUT2D eigenvalue weighted by atomic mass is 16.5. The molecule has 0 radical (unpaired) electrons. The predicted molar refractivity (Wildman–Crippen MR) is 89.9 cm³/mol. The molecule has 3 aromatic rings. The minimum absolute atomic E-state index is 0.0308. The molecule has 0 N–H and O–H groups in total. The first kappa shape index (κ1) is 14.6. The van der Waals surface area contributed by atoms with Crippen LogP contribution in [-0.4, -0.2) is 15.5 Å². The average Bonchev–Trinajstić information content (AvgIpc) is 3.09. The fourth-order valence-corrected chi connectivity index (χ4v) is 3.02. The van der Waals surface area contributed by atoms with E-state index in [9.17, 15) is 9.59 Å². The van der Waals surface area contributed by atoms with Crippen molar-refractivity contribution in [1.29, 1.82) is 0 Å². The van der Waals surface area contributed by atoms with E-state index < -0.39 is 5.97 Å². The van der Waals surface area contributed by atoms with Gasteiger partial charge in [0.1, 0.15) is 12.4 Å². The number of carbonyl (C=O) groups excluding carboxylic acids is 1. The second kappa shape index (κ2) is 5.92. The van der Waals surface area contributed by atoms with Gasteiger partial charge in [-0.25, -0.2) is 9.78 Å². The van der Waals surface area contributed by atoms with E-state index in [2.05, 4.69) is 4.98 Å². The maximum absolute atomic E-state index is 12.4. The largest absolute Gasteiger partial charge is 0.457 e. The number of benzene rings is 2. The summed E-state index contributed by atoms with van der Waals surface area (Å²) in [7, 11) is 0. The molecule has 5 heteroatoms. The van der Waals surface area contributed by atoms with Crippen LogP contribution in [0.3, 0.4) is 0 Å². The normalized spacial score (nSPS) is 13.0. The maximum atomic E-state index is 12.4. The third kappa shape index (κ3) is 2.58. The van der Waals surface area contributed by atoms with Gasteiger partial charge in [0.2, 0.25) is 0 Å². The van der Waals surface area contributed by atoms with Crippen LogP contribution in [0.4, 0.5) is 0 Å². The van der Waals surface area contributed by atoms with Gasteiger partial charge >= 0.3 is 5.97 Å². The summed E-state index contributed by atoms with van der Waals surface area (Å²) in [5, 5.41) is 0.542. The first-order valence-electron chi connectivity index (χ1n) is 7.97. The summed E-state index contributed by atoms with van der Waals surface area (Å²) in [6, 6.07) is 14.4. The van der Waals surface area contributed by atoms with Crippen molar-refractivity contribution in [2.45, 2.75) is 26.0 Å². The minimum Gasteiger partial charge on any atom is -0.457 e. The van der Waals surface area contributed by atoms with Gasteiger partial charge in [-0.1, -0.05) is 30.3 Å². The molecular weight excluding hydrogens is 304 g/mol. The van der Waals surface area contributed by atoms with Crippen molar-refractivity contribution >= 4 is 16.9 Å². The van der Waals surface area contributed by atoms with E-state index in [1.165, 1.54) is 0 Å². The summed E-state index contributed by atoms with van der Waals surface area (Å²) in [5.74, 6) is 0.380. The van der Waals surface area contributed by atoms with Crippen molar-refractivity contribution in [3.63, 3.8) is 0 Å². The summed E-state index contributed by atoms with van der Waals surface area (Å²) in [6.45, 7) is 0.940. The Labute approximate surface area is 138 Å². The van der Waals surface area contributed by atoms with E-state index in [0.717, 1.165) is 30.8 Å². The molecule has 0 saturated heterocycles. The molecule has 24 heavy (non-hydrogen) atoms. The monoisotopic (exact) mass is 320 g/mol. The first-order chi connectivity index (χ1) is 11.7. The lowest BCUT2D eigenvalue weighted by molar-refractivity contribution is 0.0473. The SMILES string of the molecule is O=C(OCc1ccccc1)c1ccc2c(=O)n3c(nc2c1)CCC3. The molecule has 0 atom stereocenters. The van der Waals surface area contributed by atoms with Gasteiger partial charge in [0, 0.05) is 13.0 Å². The predicted octanol–water partition coefficient (Wildman–Crippen LogP) is 2.70. The number of esters is 1. The second-order valence-electron chi connectivity index (χ2n) is 5.88. The summed E-state index contributed by atoms with van der Waals surface area (Å²) in [6.07, 6.45) is 1.73. The summed E-state index contributed by atoms with van der Waals surface area (Å²) in [5.41, 5.74) is 1.87. The molecular formula is C19H16N2O3. The molecule has 1 aliphatic heterocycles. The number of aromatic nitrogens is 2. The van der Waals surface area contributed by atoms with Crippen LogP contribution in [0.1, 0.15) is 28.2 Å². The molecule has 2 heterocycles. The summed E-state index contributed by atoms with van der Waals surface area (Å²) < 4.78 is 7.05. The molecule has 1 aromatic heterocycles. The number of rotatable bonds is 3. The van der Waals surface area contributed by atoms with Crippen LogP contribution in [0.15, 0.2) is 53.3 Å². The molecule has 0 saturated carbocycles. The average molecular weight is 320 g/mol. The Hall–Kier alpha value is -2.95. The highest BCUT2D eigenvalue weighted by Crippen LogP contribution is 2.17. The molecule has 120 valence electrons. The van der Waals surface area contributed by atoms with Crippen LogP contribution >= 0.6 is 0 Å².